The highest BCUT2D eigenvalue weighted by Crippen LogP contribution is 2.37. The molecule has 0 spiro atoms. The zero-order chi connectivity index (χ0) is 16.5. The van der Waals surface area contributed by atoms with Crippen LogP contribution in [0.1, 0.15) is 36.3 Å². The maximum absolute atomic E-state index is 13.3. The van der Waals surface area contributed by atoms with Crippen molar-refractivity contribution in [3.8, 4) is 0 Å². The van der Waals surface area contributed by atoms with Gasteiger partial charge in [-0.3, -0.25) is 4.79 Å². The van der Waals surface area contributed by atoms with Crippen LogP contribution in [0.3, 0.4) is 0 Å². The van der Waals surface area contributed by atoms with Gasteiger partial charge in [-0.2, -0.15) is 11.8 Å². The molecule has 2 fully saturated rings. The Morgan fingerprint density at radius 3 is 2.92 bits per heavy atom. The Bertz CT molecular complexity index is 617. The summed E-state index contributed by atoms with van der Waals surface area (Å²) >= 11 is 8.11. The monoisotopic (exact) mass is 364 g/mol. The van der Waals surface area contributed by atoms with E-state index in [0.717, 1.165) is 42.5 Å². The van der Waals surface area contributed by atoms with Crippen molar-refractivity contribution in [1.82, 2.24) is 9.80 Å². The molecule has 0 saturated carbocycles. The van der Waals surface area contributed by atoms with Crippen LogP contribution in [0.4, 0.5) is 0 Å². The van der Waals surface area contributed by atoms with Gasteiger partial charge in [0.05, 0.1) is 12.0 Å². The first-order valence-electron chi connectivity index (χ1n) is 9.11. The lowest BCUT2D eigenvalue weighted by atomic mass is 9.99. The summed E-state index contributed by atoms with van der Waals surface area (Å²) in [5, 5.41) is 0.781. The summed E-state index contributed by atoms with van der Waals surface area (Å²) in [5.41, 5.74) is 2.48. The van der Waals surface area contributed by atoms with Gasteiger partial charge in [-0.05, 0) is 62.0 Å². The molecule has 2 saturated heterocycles. The minimum atomic E-state index is 0.0430. The van der Waals surface area contributed by atoms with Crippen molar-refractivity contribution < 1.29 is 4.79 Å². The van der Waals surface area contributed by atoms with Gasteiger partial charge in [-0.25, -0.2) is 0 Å². The van der Waals surface area contributed by atoms with Crippen molar-refractivity contribution in [2.75, 3.05) is 37.7 Å². The molecule has 0 radical (unpaired) electrons. The van der Waals surface area contributed by atoms with Crippen LogP contribution in [0.15, 0.2) is 18.2 Å². The number of fused-ring (bicyclic) bond motifs is 1. The van der Waals surface area contributed by atoms with Gasteiger partial charge in [0.25, 0.3) is 0 Å². The van der Waals surface area contributed by atoms with E-state index in [4.69, 9.17) is 11.6 Å². The van der Waals surface area contributed by atoms with Crippen LogP contribution >= 0.6 is 23.4 Å². The van der Waals surface area contributed by atoms with E-state index < -0.39 is 0 Å². The van der Waals surface area contributed by atoms with E-state index in [2.05, 4.69) is 15.9 Å². The highest BCUT2D eigenvalue weighted by molar-refractivity contribution is 7.99. The number of hydrogen-bond acceptors (Lipinski definition) is 3. The van der Waals surface area contributed by atoms with Crippen LogP contribution < -0.4 is 0 Å². The van der Waals surface area contributed by atoms with Crippen LogP contribution in [0, 0.1) is 0 Å². The molecule has 0 bridgehead atoms. The molecule has 0 N–H and O–H groups in total. The molecule has 5 heteroatoms. The third-order valence-corrected chi connectivity index (χ3v) is 6.99. The van der Waals surface area contributed by atoms with Gasteiger partial charge >= 0.3 is 0 Å². The van der Waals surface area contributed by atoms with Crippen molar-refractivity contribution in [3.63, 3.8) is 0 Å². The van der Waals surface area contributed by atoms with Crippen molar-refractivity contribution in [3.05, 3.63) is 34.3 Å². The topological polar surface area (TPSA) is 23.6 Å². The third kappa shape index (κ3) is 3.33. The SMILES string of the molecule is O=C(C1CCc2cc(Cl)ccc21)N1CCSCC1CN1CCCC1. The van der Waals surface area contributed by atoms with Crippen LogP contribution in [-0.2, 0) is 11.2 Å². The van der Waals surface area contributed by atoms with Gasteiger partial charge in [0.15, 0.2) is 0 Å². The lowest BCUT2D eigenvalue weighted by molar-refractivity contribution is -0.135. The van der Waals surface area contributed by atoms with E-state index in [1.807, 2.05) is 23.9 Å². The molecule has 3 nitrogen and oxygen atoms in total. The van der Waals surface area contributed by atoms with Crippen LogP contribution in [0.2, 0.25) is 5.02 Å². The fourth-order valence-electron chi connectivity index (χ4n) is 4.40. The zero-order valence-electron chi connectivity index (χ0n) is 14.0. The van der Waals surface area contributed by atoms with Gasteiger partial charge in [-0.15, -0.1) is 0 Å². The van der Waals surface area contributed by atoms with Crippen molar-refractivity contribution in [2.45, 2.75) is 37.6 Å². The van der Waals surface area contributed by atoms with Crippen molar-refractivity contribution in [1.29, 1.82) is 0 Å². The molecule has 3 aliphatic rings. The minimum absolute atomic E-state index is 0.0430. The van der Waals surface area contributed by atoms with Crippen molar-refractivity contribution in [2.24, 2.45) is 0 Å². The molecule has 2 unspecified atom stereocenters. The Morgan fingerprint density at radius 1 is 1.25 bits per heavy atom. The first kappa shape index (κ1) is 16.7. The zero-order valence-corrected chi connectivity index (χ0v) is 15.6. The number of amides is 1. The van der Waals surface area contributed by atoms with E-state index in [1.54, 1.807) is 0 Å². The molecule has 1 aromatic rings. The number of nitrogens with zero attached hydrogens (tertiary/aromatic N) is 2. The fraction of sp³-hybridized carbons (Fsp3) is 0.632. The van der Waals surface area contributed by atoms with E-state index in [-0.39, 0.29) is 5.92 Å². The van der Waals surface area contributed by atoms with E-state index in [0.29, 0.717) is 11.9 Å². The molecule has 24 heavy (non-hydrogen) atoms. The average Bonchev–Trinajstić information content (AvgIpc) is 3.24. The number of rotatable bonds is 3. The van der Waals surface area contributed by atoms with Crippen LogP contribution in [-0.4, -0.2) is 59.4 Å². The number of thioether (sulfide) groups is 1. The van der Waals surface area contributed by atoms with Crippen molar-refractivity contribution >= 4 is 29.3 Å². The number of halogens is 1. The highest BCUT2D eigenvalue weighted by atomic mass is 35.5. The molecule has 4 rings (SSSR count). The summed E-state index contributed by atoms with van der Waals surface area (Å²) in [5.74, 6) is 2.55. The second-order valence-corrected chi connectivity index (χ2v) is 8.79. The second-order valence-electron chi connectivity index (χ2n) is 7.20. The summed E-state index contributed by atoms with van der Waals surface area (Å²) in [6.07, 6.45) is 4.54. The number of hydrogen-bond donors (Lipinski definition) is 0. The van der Waals surface area contributed by atoms with Gasteiger partial charge < -0.3 is 9.80 Å². The normalized spacial score (nSPS) is 27.5. The Kier molecular flexibility index (Phi) is 5.07. The summed E-state index contributed by atoms with van der Waals surface area (Å²) < 4.78 is 0. The number of likely N-dealkylation sites (tertiary alicyclic amines) is 1. The average molecular weight is 365 g/mol. The van der Waals surface area contributed by atoms with E-state index in [9.17, 15) is 4.79 Å². The van der Waals surface area contributed by atoms with E-state index >= 15 is 0 Å². The minimum Gasteiger partial charge on any atom is -0.336 e. The van der Waals surface area contributed by atoms with Gasteiger partial charge in [-0.1, -0.05) is 17.7 Å². The first-order valence-corrected chi connectivity index (χ1v) is 10.6. The van der Waals surface area contributed by atoms with Crippen LogP contribution in [0.25, 0.3) is 0 Å². The Balaban J connectivity index is 1.50. The molecule has 1 amide bonds. The third-order valence-electron chi connectivity index (χ3n) is 5.66. The maximum atomic E-state index is 13.3. The lowest BCUT2D eigenvalue weighted by Crippen LogP contribution is -2.52. The number of benzene rings is 1. The summed E-state index contributed by atoms with van der Waals surface area (Å²) in [4.78, 5) is 18.0. The molecule has 0 aromatic heterocycles. The molecule has 1 aromatic carbocycles. The number of carbonyl (C=O) groups is 1. The quantitative estimate of drug-likeness (QED) is 0.821. The summed E-state index contributed by atoms with van der Waals surface area (Å²) in [7, 11) is 0. The fourth-order valence-corrected chi connectivity index (χ4v) is 5.65. The maximum Gasteiger partial charge on any atom is 0.230 e. The number of aryl methyl sites for hydroxylation is 1. The molecule has 130 valence electrons. The Labute approximate surface area is 153 Å². The highest BCUT2D eigenvalue weighted by Gasteiger charge is 2.36. The summed E-state index contributed by atoms with van der Waals surface area (Å²) in [6, 6.07) is 6.42. The van der Waals surface area contributed by atoms with Gasteiger partial charge in [0.2, 0.25) is 5.91 Å². The second kappa shape index (κ2) is 7.27. The number of carbonyl (C=O) groups excluding carboxylic acids is 1. The Hall–Kier alpha value is -0.710. The molecular formula is C19H25ClN2OS. The largest absolute Gasteiger partial charge is 0.336 e. The lowest BCUT2D eigenvalue weighted by Gasteiger charge is -2.39. The van der Waals surface area contributed by atoms with Gasteiger partial charge in [0.1, 0.15) is 0 Å². The smallest absolute Gasteiger partial charge is 0.230 e. The molecule has 1 aliphatic carbocycles. The van der Waals surface area contributed by atoms with Crippen LogP contribution in [0.5, 0.6) is 0 Å². The molecule has 2 atom stereocenters. The predicted molar refractivity (Wildman–Crippen MR) is 101 cm³/mol. The molecule has 2 heterocycles. The predicted octanol–water partition coefficient (Wildman–Crippen LogP) is 3.41. The standard InChI is InChI=1S/C19H25ClN2OS/c20-15-4-6-17-14(11-15)3-5-18(17)19(23)22-9-10-24-13-16(22)12-21-7-1-2-8-21/h4,6,11,16,18H,1-3,5,7-10,12-13H2. The molecule has 2 aliphatic heterocycles. The summed E-state index contributed by atoms with van der Waals surface area (Å²) in [6.45, 7) is 4.36. The van der Waals surface area contributed by atoms with E-state index in [1.165, 1.54) is 37.1 Å². The Morgan fingerprint density at radius 2 is 2.08 bits per heavy atom. The van der Waals surface area contributed by atoms with Gasteiger partial charge in [0, 0.05) is 29.6 Å². The first-order chi connectivity index (χ1) is 11.7. The molecular weight excluding hydrogens is 340 g/mol.